The number of rotatable bonds is 3. The third kappa shape index (κ3) is 6.29. The molecule has 4 heteroatoms. The Kier molecular flexibility index (Phi) is 5.39. The van der Waals surface area contributed by atoms with Crippen molar-refractivity contribution in [3.63, 3.8) is 0 Å². The van der Waals surface area contributed by atoms with Crippen molar-refractivity contribution in [2.24, 2.45) is 0 Å². The van der Waals surface area contributed by atoms with Crippen LogP contribution in [0.2, 0.25) is 0 Å². The first-order valence-electron chi connectivity index (χ1n) is 7.42. The van der Waals surface area contributed by atoms with Crippen LogP contribution in [0.1, 0.15) is 63.0 Å². The molecule has 0 spiro atoms. The highest BCUT2D eigenvalue weighted by molar-refractivity contribution is 5.93. The molecular formula is C18H26O4. The number of hydrogen-bond donors (Lipinski definition) is 0. The molecule has 0 aliphatic carbocycles. The van der Waals surface area contributed by atoms with Gasteiger partial charge in [0.1, 0.15) is 11.2 Å². The topological polar surface area (TPSA) is 52.6 Å². The van der Waals surface area contributed by atoms with Crippen molar-refractivity contribution in [3.05, 3.63) is 34.9 Å². The predicted molar refractivity (Wildman–Crippen MR) is 85.9 cm³/mol. The zero-order chi connectivity index (χ0) is 17.1. The first-order chi connectivity index (χ1) is 9.87. The van der Waals surface area contributed by atoms with E-state index in [-0.39, 0.29) is 12.4 Å². The second-order valence-electron chi connectivity index (χ2n) is 7.43. The van der Waals surface area contributed by atoms with E-state index < -0.39 is 17.2 Å². The molecule has 0 radical (unpaired) electrons. The molecule has 0 fully saturated rings. The first-order valence-corrected chi connectivity index (χ1v) is 7.42. The van der Waals surface area contributed by atoms with E-state index in [9.17, 15) is 9.59 Å². The minimum atomic E-state index is -0.579. The highest BCUT2D eigenvalue weighted by Crippen LogP contribution is 2.19. The van der Waals surface area contributed by atoms with Crippen LogP contribution in [0, 0.1) is 6.92 Å². The lowest BCUT2D eigenvalue weighted by Crippen LogP contribution is -2.27. The van der Waals surface area contributed by atoms with Crippen molar-refractivity contribution in [1.82, 2.24) is 0 Å². The number of ether oxygens (including phenoxy) is 2. The van der Waals surface area contributed by atoms with Gasteiger partial charge in [-0.15, -0.1) is 0 Å². The Balaban J connectivity index is 3.01. The lowest BCUT2D eigenvalue weighted by molar-refractivity contribution is -0.153. The molecule has 0 N–H and O–H groups in total. The molecule has 0 saturated carbocycles. The molecule has 0 heterocycles. The molecule has 1 aromatic carbocycles. The summed E-state index contributed by atoms with van der Waals surface area (Å²) in [5.74, 6) is -0.782. The van der Waals surface area contributed by atoms with E-state index in [4.69, 9.17) is 9.47 Å². The molecule has 0 bridgehead atoms. The Morgan fingerprint density at radius 2 is 1.50 bits per heavy atom. The van der Waals surface area contributed by atoms with Crippen LogP contribution >= 0.6 is 0 Å². The number of carbonyl (C=O) groups is 2. The highest BCUT2D eigenvalue weighted by Gasteiger charge is 2.23. The predicted octanol–water partition coefficient (Wildman–Crippen LogP) is 3.83. The third-order valence-corrected chi connectivity index (χ3v) is 2.64. The minimum Gasteiger partial charge on any atom is -0.460 e. The Hall–Kier alpha value is -1.84. The summed E-state index contributed by atoms with van der Waals surface area (Å²) in [4.78, 5) is 24.3. The van der Waals surface area contributed by atoms with Gasteiger partial charge < -0.3 is 9.47 Å². The zero-order valence-electron chi connectivity index (χ0n) is 14.6. The summed E-state index contributed by atoms with van der Waals surface area (Å²) in [5, 5.41) is 0. The normalized spacial score (nSPS) is 12.0. The fourth-order valence-corrected chi connectivity index (χ4v) is 1.90. The molecule has 0 saturated heterocycles. The summed E-state index contributed by atoms with van der Waals surface area (Å²) in [5.41, 5.74) is 0.849. The second kappa shape index (κ2) is 6.51. The molecule has 0 aliphatic rings. The standard InChI is InChI=1S/C18H26O4/c1-12-8-9-13(11-15(19)21-17(2,3)4)14(10-12)16(20)22-18(5,6)7/h8-10H,11H2,1-7H3. The van der Waals surface area contributed by atoms with Gasteiger partial charge in [0, 0.05) is 0 Å². The van der Waals surface area contributed by atoms with Gasteiger partial charge in [-0.25, -0.2) is 4.79 Å². The molecule has 1 aromatic rings. The number of aryl methyl sites for hydroxylation is 1. The Morgan fingerprint density at radius 1 is 0.955 bits per heavy atom. The van der Waals surface area contributed by atoms with Gasteiger partial charge in [0.2, 0.25) is 0 Å². The van der Waals surface area contributed by atoms with E-state index in [1.807, 2.05) is 54.5 Å². The van der Waals surface area contributed by atoms with Gasteiger partial charge in [0.25, 0.3) is 0 Å². The van der Waals surface area contributed by atoms with Gasteiger partial charge >= 0.3 is 11.9 Å². The van der Waals surface area contributed by atoms with Crippen LogP contribution in [0.15, 0.2) is 18.2 Å². The van der Waals surface area contributed by atoms with Gasteiger partial charge in [-0.1, -0.05) is 17.7 Å². The maximum atomic E-state index is 12.3. The van der Waals surface area contributed by atoms with Crippen LogP contribution < -0.4 is 0 Å². The molecule has 0 atom stereocenters. The fraction of sp³-hybridized carbons (Fsp3) is 0.556. The third-order valence-electron chi connectivity index (χ3n) is 2.64. The van der Waals surface area contributed by atoms with E-state index in [1.165, 1.54) is 0 Å². The van der Waals surface area contributed by atoms with Gasteiger partial charge in [-0.2, -0.15) is 0 Å². The van der Waals surface area contributed by atoms with Gasteiger partial charge in [0.05, 0.1) is 12.0 Å². The average Bonchev–Trinajstić information content (AvgIpc) is 2.26. The van der Waals surface area contributed by atoms with Crippen LogP contribution in [0.25, 0.3) is 0 Å². The number of carbonyl (C=O) groups excluding carboxylic acids is 2. The monoisotopic (exact) mass is 306 g/mol. The summed E-state index contributed by atoms with van der Waals surface area (Å²) in [7, 11) is 0. The SMILES string of the molecule is Cc1ccc(CC(=O)OC(C)(C)C)c(C(=O)OC(C)(C)C)c1. The van der Waals surface area contributed by atoms with Gasteiger partial charge in [-0.3, -0.25) is 4.79 Å². The van der Waals surface area contributed by atoms with Crippen molar-refractivity contribution >= 4 is 11.9 Å². The summed E-state index contributed by atoms with van der Waals surface area (Å²) >= 11 is 0. The average molecular weight is 306 g/mol. The first kappa shape index (κ1) is 18.2. The number of benzene rings is 1. The van der Waals surface area contributed by atoms with E-state index in [0.29, 0.717) is 11.1 Å². The maximum Gasteiger partial charge on any atom is 0.338 e. The van der Waals surface area contributed by atoms with E-state index >= 15 is 0 Å². The zero-order valence-corrected chi connectivity index (χ0v) is 14.6. The lowest BCUT2D eigenvalue weighted by Gasteiger charge is -2.22. The quantitative estimate of drug-likeness (QED) is 0.796. The van der Waals surface area contributed by atoms with Crippen LogP contribution in [0.4, 0.5) is 0 Å². The second-order valence-corrected chi connectivity index (χ2v) is 7.43. The fourth-order valence-electron chi connectivity index (χ4n) is 1.90. The summed E-state index contributed by atoms with van der Waals surface area (Å²) < 4.78 is 10.7. The molecule has 22 heavy (non-hydrogen) atoms. The Morgan fingerprint density at radius 3 is 2.00 bits per heavy atom. The number of hydrogen-bond acceptors (Lipinski definition) is 4. The van der Waals surface area contributed by atoms with E-state index in [2.05, 4.69) is 0 Å². The number of esters is 2. The Bertz CT molecular complexity index is 559. The van der Waals surface area contributed by atoms with Crippen LogP contribution in [0.5, 0.6) is 0 Å². The molecule has 0 aromatic heterocycles. The summed E-state index contributed by atoms with van der Waals surface area (Å²) in [6, 6.07) is 5.39. The molecule has 0 amide bonds. The smallest absolute Gasteiger partial charge is 0.338 e. The molecule has 0 unspecified atom stereocenters. The van der Waals surface area contributed by atoms with E-state index in [0.717, 1.165) is 5.56 Å². The van der Waals surface area contributed by atoms with Crippen LogP contribution in [-0.4, -0.2) is 23.1 Å². The largest absolute Gasteiger partial charge is 0.460 e. The molecule has 0 aliphatic heterocycles. The molecular weight excluding hydrogens is 280 g/mol. The Labute approximate surface area is 132 Å². The van der Waals surface area contributed by atoms with Crippen molar-refractivity contribution in [3.8, 4) is 0 Å². The summed E-state index contributed by atoms with van der Waals surface area (Å²) in [6.07, 6.45) is 0.0477. The molecule has 122 valence electrons. The molecule has 1 rings (SSSR count). The van der Waals surface area contributed by atoms with Crippen molar-refractivity contribution in [2.45, 2.75) is 66.1 Å². The van der Waals surface area contributed by atoms with Gasteiger partial charge in [-0.05, 0) is 60.1 Å². The lowest BCUT2D eigenvalue weighted by atomic mass is 10.0. The van der Waals surface area contributed by atoms with Gasteiger partial charge in [0.15, 0.2) is 0 Å². The highest BCUT2D eigenvalue weighted by atomic mass is 16.6. The minimum absolute atomic E-state index is 0.0477. The molecule has 4 nitrogen and oxygen atoms in total. The van der Waals surface area contributed by atoms with E-state index in [1.54, 1.807) is 12.1 Å². The maximum absolute atomic E-state index is 12.3. The van der Waals surface area contributed by atoms with Crippen molar-refractivity contribution < 1.29 is 19.1 Å². The van der Waals surface area contributed by atoms with Crippen molar-refractivity contribution in [2.75, 3.05) is 0 Å². The van der Waals surface area contributed by atoms with Crippen LogP contribution in [0.3, 0.4) is 0 Å². The van der Waals surface area contributed by atoms with Crippen molar-refractivity contribution in [1.29, 1.82) is 0 Å². The summed E-state index contributed by atoms with van der Waals surface area (Å²) in [6.45, 7) is 12.8. The van der Waals surface area contributed by atoms with Crippen LogP contribution in [-0.2, 0) is 20.7 Å².